The van der Waals surface area contributed by atoms with Gasteiger partial charge < -0.3 is 14.6 Å². The lowest BCUT2D eigenvalue weighted by molar-refractivity contribution is -0.433. The second kappa shape index (κ2) is 13.9. The van der Waals surface area contributed by atoms with Gasteiger partial charge in [-0.2, -0.15) is 4.58 Å². The van der Waals surface area contributed by atoms with Gasteiger partial charge in [0.05, 0.1) is 15.5 Å². The Morgan fingerprint density at radius 2 is 1.73 bits per heavy atom. The molecule has 0 aromatic heterocycles. The number of carboxylic acids is 1. The molecular weight excluding hydrogens is 584 g/mol. The molecule has 8 heteroatoms. The predicted octanol–water partition coefficient (Wildman–Crippen LogP) is 7.44. The molecule has 1 unspecified atom stereocenters. The molecule has 1 atom stereocenters. The van der Waals surface area contributed by atoms with Crippen molar-refractivity contribution in [2.75, 3.05) is 23.7 Å². The van der Waals surface area contributed by atoms with Crippen LogP contribution in [-0.2, 0) is 25.7 Å². The molecule has 2 aliphatic heterocycles. The number of aliphatic carboxylic acids is 1. The number of carboxylic acid groups (broad SMARTS) is 1. The molecular formula is C37H48N2O5S. The molecule has 45 heavy (non-hydrogen) atoms. The lowest BCUT2D eigenvalue weighted by Crippen LogP contribution is -2.29. The first-order chi connectivity index (χ1) is 21.2. The minimum atomic E-state index is -4.26. The van der Waals surface area contributed by atoms with Crippen molar-refractivity contribution in [3.63, 3.8) is 0 Å². The van der Waals surface area contributed by atoms with Crippen LogP contribution < -0.4 is 4.90 Å². The minimum Gasteiger partial charge on any atom is -0.748 e. The predicted molar refractivity (Wildman–Crippen MR) is 182 cm³/mol. The van der Waals surface area contributed by atoms with E-state index in [2.05, 4.69) is 106 Å². The zero-order valence-electron chi connectivity index (χ0n) is 27.6. The Hall–Kier alpha value is -3.49. The maximum Gasteiger partial charge on any atom is 0.303 e. The van der Waals surface area contributed by atoms with Crippen molar-refractivity contribution in [1.82, 2.24) is 0 Å². The smallest absolute Gasteiger partial charge is 0.303 e. The van der Waals surface area contributed by atoms with Crippen LogP contribution in [0, 0.1) is 13.8 Å². The van der Waals surface area contributed by atoms with Gasteiger partial charge in [-0.1, -0.05) is 48.4 Å². The molecule has 242 valence electrons. The number of unbranched alkanes of at least 4 members (excludes halogenated alkanes) is 2. The van der Waals surface area contributed by atoms with Gasteiger partial charge in [0.2, 0.25) is 5.69 Å². The van der Waals surface area contributed by atoms with Crippen LogP contribution in [-0.4, -0.2) is 53.2 Å². The van der Waals surface area contributed by atoms with E-state index in [0.717, 1.165) is 30.8 Å². The van der Waals surface area contributed by atoms with Gasteiger partial charge >= 0.3 is 5.97 Å². The summed E-state index contributed by atoms with van der Waals surface area (Å²) in [5.41, 5.74) is 9.37. The summed E-state index contributed by atoms with van der Waals surface area (Å²) in [6.07, 6.45) is 13.7. The van der Waals surface area contributed by atoms with Crippen LogP contribution in [0.15, 0.2) is 72.5 Å². The minimum absolute atomic E-state index is 0.124. The van der Waals surface area contributed by atoms with Crippen LogP contribution >= 0.6 is 0 Å². The van der Waals surface area contributed by atoms with Crippen LogP contribution in [0.4, 0.5) is 11.4 Å². The fraction of sp³-hybridized carbons (Fsp3) is 0.459. The number of nitrogens with zero attached hydrogens (tertiary/aromatic N) is 2. The van der Waals surface area contributed by atoms with Crippen molar-refractivity contribution in [2.45, 2.75) is 90.9 Å². The van der Waals surface area contributed by atoms with Crippen LogP contribution in [0.1, 0.15) is 88.5 Å². The lowest BCUT2D eigenvalue weighted by atomic mass is 9.77. The van der Waals surface area contributed by atoms with E-state index in [-0.39, 0.29) is 23.0 Å². The highest BCUT2D eigenvalue weighted by molar-refractivity contribution is 7.85. The van der Waals surface area contributed by atoms with Crippen LogP contribution in [0.2, 0.25) is 0 Å². The molecule has 0 radical (unpaired) electrons. The molecule has 0 aliphatic carbocycles. The average Bonchev–Trinajstić information content (AvgIpc) is 3.32. The molecule has 2 heterocycles. The van der Waals surface area contributed by atoms with Crippen molar-refractivity contribution in [1.29, 1.82) is 0 Å². The SMILES string of the molecule is CC[N+]1=C(/C=C/C=C/C=C2/N(CCCCS(=O)(=O)[O-])c3ccccc3C2(C)CCCCC(=O)O)C(C)(C)c2cc(C)cc(C)c21. The van der Waals surface area contributed by atoms with Crippen LogP contribution in [0.25, 0.3) is 0 Å². The first-order valence-electron chi connectivity index (χ1n) is 16.1. The Morgan fingerprint density at radius 3 is 2.42 bits per heavy atom. The summed E-state index contributed by atoms with van der Waals surface area (Å²) >= 11 is 0. The van der Waals surface area contributed by atoms with E-state index in [1.165, 1.54) is 33.7 Å². The number of anilines is 1. The molecule has 0 saturated heterocycles. The summed E-state index contributed by atoms with van der Waals surface area (Å²) in [7, 11) is -4.26. The summed E-state index contributed by atoms with van der Waals surface area (Å²) < 4.78 is 36.1. The molecule has 0 bridgehead atoms. The summed E-state index contributed by atoms with van der Waals surface area (Å²) in [5.74, 6) is -1.16. The van der Waals surface area contributed by atoms with Crippen LogP contribution in [0.3, 0.4) is 0 Å². The fourth-order valence-corrected chi connectivity index (χ4v) is 7.75. The molecule has 4 rings (SSSR count). The molecule has 2 aliphatic rings. The maximum atomic E-state index is 11.2. The summed E-state index contributed by atoms with van der Waals surface area (Å²) in [6.45, 7) is 14.8. The highest BCUT2D eigenvalue weighted by Crippen LogP contribution is 2.50. The average molecular weight is 633 g/mol. The third kappa shape index (κ3) is 7.50. The van der Waals surface area contributed by atoms with Gasteiger partial charge in [-0.05, 0) is 97.1 Å². The topological polar surface area (TPSA) is 101 Å². The molecule has 1 N–H and O–H groups in total. The monoisotopic (exact) mass is 632 g/mol. The van der Waals surface area contributed by atoms with Crippen molar-refractivity contribution in [3.05, 3.63) is 94.7 Å². The van der Waals surface area contributed by atoms with Gasteiger partial charge in [0.15, 0.2) is 5.71 Å². The highest BCUT2D eigenvalue weighted by Gasteiger charge is 2.45. The Bertz CT molecular complexity index is 1670. The zero-order valence-corrected chi connectivity index (χ0v) is 28.4. The number of fused-ring (bicyclic) bond motifs is 2. The highest BCUT2D eigenvalue weighted by atomic mass is 32.2. The Balaban J connectivity index is 1.65. The molecule has 0 spiro atoms. The number of benzene rings is 2. The normalized spacial score (nSPS) is 20.2. The van der Waals surface area contributed by atoms with E-state index >= 15 is 0 Å². The summed E-state index contributed by atoms with van der Waals surface area (Å²) in [6, 6.07) is 12.8. The standard InChI is InChI=1S/C37H48N2O5S/c1-7-38-32(36(4,5)30-26-27(2)25-28(3)35(30)38)19-9-8-10-20-33-37(6,22-14-13-21-34(40)41)29-17-11-12-18-31(29)39(33)23-15-16-24-45(42,43)44/h8-12,17-20,25-26H,7,13-16,21-24H2,1-6H3,(H-,40,41,42,43,44). The zero-order chi connectivity index (χ0) is 33.0. The number of para-hydroxylation sites is 1. The fourth-order valence-electron chi connectivity index (χ4n) is 7.20. The van der Waals surface area contributed by atoms with Crippen molar-refractivity contribution < 1.29 is 27.4 Å². The van der Waals surface area contributed by atoms with Gasteiger partial charge in [0.25, 0.3) is 0 Å². The van der Waals surface area contributed by atoms with Crippen molar-refractivity contribution in [3.8, 4) is 0 Å². The number of rotatable bonds is 14. The van der Waals surface area contributed by atoms with E-state index in [4.69, 9.17) is 0 Å². The van der Waals surface area contributed by atoms with E-state index in [1.807, 2.05) is 12.1 Å². The number of hydrogen-bond donors (Lipinski definition) is 1. The van der Waals surface area contributed by atoms with Crippen molar-refractivity contribution >= 4 is 33.2 Å². The van der Waals surface area contributed by atoms with Gasteiger partial charge in [0, 0.05) is 52.7 Å². The van der Waals surface area contributed by atoms with E-state index in [0.29, 0.717) is 25.8 Å². The van der Waals surface area contributed by atoms with Gasteiger partial charge in [-0.15, -0.1) is 0 Å². The van der Waals surface area contributed by atoms with Crippen LogP contribution in [0.5, 0.6) is 0 Å². The molecule has 2 aromatic carbocycles. The number of carbonyl (C=O) groups is 1. The van der Waals surface area contributed by atoms with E-state index < -0.39 is 16.1 Å². The Kier molecular flexibility index (Phi) is 10.6. The second-order valence-electron chi connectivity index (χ2n) is 13.1. The van der Waals surface area contributed by atoms with Gasteiger partial charge in [0.1, 0.15) is 6.54 Å². The summed E-state index contributed by atoms with van der Waals surface area (Å²) in [5, 5.41) is 9.18. The number of aryl methyl sites for hydroxylation is 2. The Labute approximate surface area is 269 Å². The molecule has 2 aromatic rings. The number of allylic oxidation sites excluding steroid dienone is 6. The lowest BCUT2D eigenvalue weighted by Gasteiger charge is -2.30. The molecule has 7 nitrogen and oxygen atoms in total. The Morgan fingerprint density at radius 1 is 1.00 bits per heavy atom. The quantitative estimate of drug-likeness (QED) is 0.101. The molecule has 0 fully saturated rings. The maximum absolute atomic E-state index is 11.2. The van der Waals surface area contributed by atoms with Gasteiger partial charge in [-0.25, -0.2) is 8.42 Å². The third-order valence-corrected chi connectivity index (χ3v) is 10.1. The first-order valence-corrected chi connectivity index (χ1v) is 17.6. The third-order valence-electron chi connectivity index (χ3n) is 9.35. The first kappa shape index (κ1) is 34.4. The molecule has 0 amide bonds. The summed E-state index contributed by atoms with van der Waals surface area (Å²) in [4.78, 5) is 13.4. The van der Waals surface area contributed by atoms with E-state index in [9.17, 15) is 22.9 Å². The van der Waals surface area contributed by atoms with Gasteiger partial charge in [-0.3, -0.25) is 4.79 Å². The molecule has 0 saturated carbocycles. The largest absolute Gasteiger partial charge is 0.748 e. The van der Waals surface area contributed by atoms with E-state index in [1.54, 1.807) is 0 Å². The number of hydrogen-bond acceptors (Lipinski definition) is 5. The van der Waals surface area contributed by atoms with Crippen molar-refractivity contribution in [2.24, 2.45) is 0 Å². The second-order valence-corrected chi connectivity index (χ2v) is 14.6.